The first kappa shape index (κ1) is 14.0. The summed E-state index contributed by atoms with van der Waals surface area (Å²) < 4.78 is 11.3. The smallest absolute Gasteiger partial charge is 0.179 e. The minimum Gasteiger partial charge on any atom is -0.493 e. The van der Waals surface area contributed by atoms with Crippen molar-refractivity contribution in [1.29, 1.82) is 0 Å². The van der Waals surface area contributed by atoms with E-state index in [0.717, 1.165) is 25.2 Å². The van der Waals surface area contributed by atoms with Gasteiger partial charge in [0.25, 0.3) is 0 Å². The summed E-state index contributed by atoms with van der Waals surface area (Å²) in [7, 11) is 1.66. The molecule has 1 aromatic rings. The van der Waals surface area contributed by atoms with E-state index in [1.807, 2.05) is 6.07 Å². The van der Waals surface area contributed by atoms with Crippen molar-refractivity contribution in [3.63, 3.8) is 0 Å². The monoisotopic (exact) mass is 295 g/mol. The van der Waals surface area contributed by atoms with E-state index in [2.05, 4.69) is 6.07 Å². The zero-order chi connectivity index (χ0) is 14.2. The molecule has 0 bridgehead atoms. The Morgan fingerprint density at radius 1 is 1.35 bits per heavy atom. The second-order valence-corrected chi connectivity index (χ2v) is 6.49. The van der Waals surface area contributed by atoms with Crippen molar-refractivity contribution in [2.45, 2.75) is 37.5 Å². The van der Waals surface area contributed by atoms with E-state index in [0.29, 0.717) is 23.2 Å². The van der Waals surface area contributed by atoms with Crippen LogP contribution in [-0.2, 0) is 5.41 Å². The summed E-state index contributed by atoms with van der Waals surface area (Å²) in [6, 6.07) is 4.07. The molecule has 2 aliphatic carbocycles. The fourth-order valence-electron chi connectivity index (χ4n) is 2.87. The molecule has 2 fully saturated rings. The molecule has 3 rings (SSSR count). The van der Waals surface area contributed by atoms with E-state index in [-0.39, 0.29) is 5.41 Å². The zero-order valence-corrected chi connectivity index (χ0v) is 12.7. The van der Waals surface area contributed by atoms with Gasteiger partial charge in [-0.3, -0.25) is 0 Å². The molecule has 20 heavy (non-hydrogen) atoms. The molecule has 0 amide bonds. The predicted octanol–water partition coefficient (Wildman–Crippen LogP) is 3.52. The van der Waals surface area contributed by atoms with Gasteiger partial charge in [-0.05, 0) is 49.3 Å². The average molecular weight is 296 g/mol. The summed E-state index contributed by atoms with van der Waals surface area (Å²) >= 11 is 6.42. The molecule has 4 heteroatoms. The Balaban J connectivity index is 1.88. The second-order valence-electron chi connectivity index (χ2n) is 6.08. The molecular weight excluding hydrogens is 274 g/mol. The quantitative estimate of drug-likeness (QED) is 0.873. The highest BCUT2D eigenvalue weighted by Crippen LogP contribution is 2.47. The third-order valence-electron chi connectivity index (χ3n) is 4.70. The largest absolute Gasteiger partial charge is 0.493 e. The van der Waals surface area contributed by atoms with Crippen molar-refractivity contribution in [1.82, 2.24) is 0 Å². The first-order valence-electron chi connectivity index (χ1n) is 7.39. The van der Waals surface area contributed by atoms with Crippen LogP contribution in [0.15, 0.2) is 12.1 Å². The normalized spacial score (nSPS) is 20.4. The molecule has 110 valence electrons. The first-order chi connectivity index (χ1) is 9.68. The second kappa shape index (κ2) is 5.45. The van der Waals surface area contributed by atoms with Gasteiger partial charge in [0.15, 0.2) is 11.5 Å². The average Bonchev–Trinajstić information content (AvgIpc) is 3.20. The minimum absolute atomic E-state index is 0.0892. The van der Waals surface area contributed by atoms with Crippen molar-refractivity contribution in [2.75, 3.05) is 20.3 Å². The third-order valence-corrected chi connectivity index (χ3v) is 4.98. The Morgan fingerprint density at radius 2 is 2.10 bits per heavy atom. The van der Waals surface area contributed by atoms with E-state index in [9.17, 15) is 0 Å². The van der Waals surface area contributed by atoms with Crippen molar-refractivity contribution in [3.05, 3.63) is 22.7 Å². The van der Waals surface area contributed by atoms with Crippen molar-refractivity contribution >= 4 is 11.6 Å². The van der Waals surface area contributed by atoms with Crippen molar-refractivity contribution in [2.24, 2.45) is 11.7 Å². The number of hydrogen-bond acceptors (Lipinski definition) is 3. The zero-order valence-electron chi connectivity index (χ0n) is 12.0. The summed E-state index contributed by atoms with van der Waals surface area (Å²) in [6.45, 7) is 1.40. The predicted molar refractivity (Wildman–Crippen MR) is 80.8 cm³/mol. The van der Waals surface area contributed by atoms with Gasteiger partial charge in [-0.2, -0.15) is 0 Å². The van der Waals surface area contributed by atoms with E-state index < -0.39 is 0 Å². The molecule has 2 N–H and O–H groups in total. The molecule has 2 saturated carbocycles. The molecule has 2 aliphatic rings. The maximum atomic E-state index is 6.42. The lowest BCUT2D eigenvalue weighted by atomic mass is 9.64. The van der Waals surface area contributed by atoms with Crippen LogP contribution in [0.5, 0.6) is 11.5 Å². The van der Waals surface area contributed by atoms with Crippen molar-refractivity contribution in [3.8, 4) is 11.5 Å². The molecule has 0 aromatic heterocycles. The molecule has 0 saturated heterocycles. The van der Waals surface area contributed by atoms with E-state index in [4.69, 9.17) is 26.8 Å². The molecule has 0 unspecified atom stereocenters. The van der Waals surface area contributed by atoms with Crippen LogP contribution in [0, 0.1) is 5.92 Å². The lowest BCUT2D eigenvalue weighted by Gasteiger charge is -2.41. The van der Waals surface area contributed by atoms with Gasteiger partial charge < -0.3 is 15.2 Å². The highest BCUT2D eigenvalue weighted by atomic mass is 35.5. The van der Waals surface area contributed by atoms with Crippen LogP contribution >= 0.6 is 11.6 Å². The molecule has 0 radical (unpaired) electrons. The van der Waals surface area contributed by atoms with Crippen LogP contribution in [0.3, 0.4) is 0 Å². The number of methoxy groups -OCH3 is 1. The van der Waals surface area contributed by atoms with Crippen LogP contribution in [0.4, 0.5) is 0 Å². The third kappa shape index (κ3) is 2.49. The Labute approximate surface area is 125 Å². The molecule has 0 spiro atoms. The molecule has 0 heterocycles. The maximum absolute atomic E-state index is 6.42. The Kier molecular flexibility index (Phi) is 3.83. The van der Waals surface area contributed by atoms with Gasteiger partial charge in [0.1, 0.15) is 0 Å². The molecular formula is C16H22ClNO2. The van der Waals surface area contributed by atoms with Gasteiger partial charge in [-0.15, -0.1) is 0 Å². The SMILES string of the molecule is COc1cc(C2(CN)CCC2)cc(Cl)c1OCC1CC1. The topological polar surface area (TPSA) is 44.5 Å². The molecule has 0 atom stereocenters. The Bertz CT molecular complexity index is 490. The summed E-state index contributed by atoms with van der Waals surface area (Å²) in [5, 5.41) is 0.639. The summed E-state index contributed by atoms with van der Waals surface area (Å²) in [5.74, 6) is 2.10. The summed E-state index contributed by atoms with van der Waals surface area (Å²) in [5.41, 5.74) is 7.25. The van der Waals surface area contributed by atoms with Gasteiger partial charge >= 0.3 is 0 Å². The van der Waals surface area contributed by atoms with Crippen LogP contribution in [0.2, 0.25) is 5.02 Å². The van der Waals surface area contributed by atoms with Gasteiger partial charge in [0.2, 0.25) is 0 Å². The summed E-state index contributed by atoms with van der Waals surface area (Å²) in [6.07, 6.45) is 6.01. The van der Waals surface area contributed by atoms with Gasteiger partial charge in [-0.1, -0.05) is 18.0 Å². The number of nitrogens with two attached hydrogens (primary N) is 1. The fourth-order valence-corrected chi connectivity index (χ4v) is 3.13. The number of hydrogen-bond donors (Lipinski definition) is 1. The Morgan fingerprint density at radius 3 is 2.60 bits per heavy atom. The highest BCUT2D eigenvalue weighted by Gasteiger charge is 2.38. The van der Waals surface area contributed by atoms with E-state index in [1.54, 1.807) is 7.11 Å². The molecule has 1 aromatic carbocycles. The minimum atomic E-state index is 0.0892. The van der Waals surface area contributed by atoms with E-state index in [1.165, 1.54) is 24.8 Å². The lowest BCUT2D eigenvalue weighted by molar-refractivity contribution is 0.249. The van der Waals surface area contributed by atoms with Crippen LogP contribution in [0.25, 0.3) is 0 Å². The molecule has 3 nitrogen and oxygen atoms in total. The highest BCUT2D eigenvalue weighted by molar-refractivity contribution is 6.32. The lowest BCUT2D eigenvalue weighted by Crippen LogP contribution is -2.41. The number of halogens is 1. The van der Waals surface area contributed by atoms with Crippen LogP contribution in [-0.4, -0.2) is 20.3 Å². The van der Waals surface area contributed by atoms with Gasteiger partial charge in [-0.25, -0.2) is 0 Å². The van der Waals surface area contributed by atoms with Gasteiger partial charge in [0, 0.05) is 12.0 Å². The number of ether oxygens (including phenoxy) is 2. The van der Waals surface area contributed by atoms with E-state index >= 15 is 0 Å². The Hall–Kier alpha value is -0.930. The summed E-state index contributed by atoms with van der Waals surface area (Å²) in [4.78, 5) is 0. The molecule has 0 aliphatic heterocycles. The number of rotatable bonds is 6. The maximum Gasteiger partial charge on any atom is 0.179 e. The van der Waals surface area contributed by atoms with Crippen LogP contribution < -0.4 is 15.2 Å². The fraction of sp³-hybridized carbons (Fsp3) is 0.625. The standard InChI is InChI=1S/C16H22ClNO2/c1-19-14-8-12(16(10-18)5-2-6-16)7-13(17)15(14)20-9-11-3-4-11/h7-8,11H,2-6,9-10,18H2,1H3. The number of benzene rings is 1. The van der Waals surface area contributed by atoms with Gasteiger partial charge in [0.05, 0.1) is 18.7 Å². The first-order valence-corrected chi connectivity index (χ1v) is 7.77. The van der Waals surface area contributed by atoms with Crippen molar-refractivity contribution < 1.29 is 9.47 Å². The van der Waals surface area contributed by atoms with Crippen LogP contribution in [0.1, 0.15) is 37.7 Å².